The maximum absolute atomic E-state index is 4.92. The third-order valence-corrected chi connectivity index (χ3v) is 4.82. The minimum Gasteiger partial charge on any atom is -0.352 e. The van der Waals surface area contributed by atoms with Gasteiger partial charge in [0.2, 0.25) is 0 Å². The van der Waals surface area contributed by atoms with Crippen LogP contribution in [-0.2, 0) is 6.54 Å². The highest BCUT2D eigenvalue weighted by Gasteiger charge is 2.28. The van der Waals surface area contributed by atoms with Crippen molar-refractivity contribution in [3.05, 3.63) is 17.3 Å². The molecule has 2 aromatic heterocycles. The quantitative estimate of drug-likeness (QED) is 0.849. The molecule has 0 saturated heterocycles. The van der Waals surface area contributed by atoms with E-state index in [9.17, 15) is 0 Å². The van der Waals surface area contributed by atoms with Crippen LogP contribution in [0.2, 0.25) is 0 Å². The summed E-state index contributed by atoms with van der Waals surface area (Å²) in [7, 11) is 0. The summed E-state index contributed by atoms with van der Waals surface area (Å²) < 4.78 is 2.25. The van der Waals surface area contributed by atoms with Crippen LogP contribution in [0.4, 0.5) is 5.82 Å². The van der Waals surface area contributed by atoms with Gasteiger partial charge in [-0.1, -0.05) is 13.8 Å². The molecule has 0 aromatic carbocycles. The second kappa shape index (κ2) is 5.97. The van der Waals surface area contributed by atoms with Crippen LogP contribution in [0, 0.1) is 5.92 Å². The molecule has 0 atom stereocenters. The van der Waals surface area contributed by atoms with Gasteiger partial charge < -0.3 is 10.2 Å². The van der Waals surface area contributed by atoms with Gasteiger partial charge >= 0.3 is 0 Å². The van der Waals surface area contributed by atoms with Crippen LogP contribution in [0.15, 0.2) is 11.6 Å². The lowest BCUT2D eigenvalue weighted by Gasteiger charge is -2.28. The molecule has 3 rings (SSSR count). The Morgan fingerprint density at radius 2 is 2.14 bits per heavy atom. The van der Waals surface area contributed by atoms with Crippen molar-refractivity contribution in [2.24, 2.45) is 5.92 Å². The first-order chi connectivity index (χ1) is 10.1. The molecule has 1 saturated carbocycles. The molecule has 21 heavy (non-hydrogen) atoms. The van der Waals surface area contributed by atoms with Crippen LogP contribution in [0.5, 0.6) is 0 Å². The average molecular weight is 306 g/mol. The van der Waals surface area contributed by atoms with E-state index in [1.165, 1.54) is 24.4 Å². The fourth-order valence-electron chi connectivity index (χ4n) is 2.64. The van der Waals surface area contributed by atoms with Crippen LogP contribution >= 0.6 is 11.3 Å². The van der Waals surface area contributed by atoms with E-state index in [2.05, 4.69) is 53.9 Å². The zero-order chi connectivity index (χ0) is 15.0. The van der Waals surface area contributed by atoms with Crippen molar-refractivity contribution in [2.75, 3.05) is 11.4 Å². The molecular weight excluding hydrogens is 280 g/mol. The zero-order valence-electron chi connectivity index (χ0n) is 13.5. The third-order valence-electron chi connectivity index (χ3n) is 4.06. The predicted octanol–water partition coefficient (Wildman–Crippen LogP) is 3.52. The first-order valence-electron chi connectivity index (χ1n) is 8.00. The summed E-state index contributed by atoms with van der Waals surface area (Å²) in [5.41, 5.74) is 1.30. The molecule has 1 N–H and O–H groups in total. The van der Waals surface area contributed by atoms with Crippen molar-refractivity contribution in [3.63, 3.8) is 0 Å². The van der Waals surface area contributed by atoms with Crippen molar-refractivity contribution in [1.29, 1.82) is 0 Å². The number of anilines is 1. The summed E-state index contributed by atoms with van der Waals surface area (Å²) in [6.45, 7) is 11.0. The largest absolute Gasteiger partial charge is 0.352 e. The highest BCUT2D eigenvalue weighted by atomic mass is 32.1. The maximum Gasteiger partial charge on any atom is 0.195 e. The van der Waals surface area contributed by atoms with Crippen molar-refractivity contribution < 1.29 is 0 Å². The van der Waals surface area contributed by atoms with E-state index in [-0.39, 0.29) is 0 Å². The summed E-state index contributed by atoms with van der Waals surface area (Å²) in [5.74, 6) is 2.05. The SMILES string of the molecule is CC(C)NCc1c(N(CC2CC2)C(C)C)nc2sccn12. The highest BCUT2D eigenvalue weighted by molar-refractivity contribution is 7.15. The van der Waals surface area contributed by atoms with E-state index in [0.717, 1.165) is 24.0 Å². The van der Waals surface area contributed by atoms with E-state index in [1.807, 2.05) is 0 Å². The molecule has 2 aromatic rings. The highest BCUT2D eigenvalue weighted by Crippen LogP contribution is 2.34. The second-order valence-electron chi connectivity index (χ2n) is 6.66. The number of thiazole rings is 1. The minimum absolute atomic E-state index is 0.484. The van der Waals surface area contributed by atoms with Gasteiger partial charge in [-0.05, 0) is 32.6 Å². The third kappa shape index (κ3) is 3.24. The molecule has 1 aliphatic rings. The van der Waals surface area contributed by atoms with Gasteiger partial charge in [-0.25, -0.2) is 4.98 Å². The van der Waals surface area contributed by atoms with Crippen molar-refractivity contribution in [2.45, 2.75) is 59.2 Å². The second-order valence-corrected chi connectivity index (χ2v) is 7.54. The molecule has 5 heteroatoms. The van der Waals surface area contributed by atoms with Gasteiger partial charge in [0.25, 0.3) is 0 Å². The van der Waals surface area contributed by atoms with Gasteiger partial charge in [-0.15, -0.1) is 11.3 Å². The normalized spacial score (nSPS) is 15.5. The van der Waals surface area contributed by atoms with Crippen LogP contribution in [0.1, 0.15) is 46.2 Å². The molecule has 1 aliphatic carbocycles. The van der Waals surface area contributed by atoms with E-state index < -0.39 is 0 Å². The van der Waals surface area contributed by atoms with E-state index in [0.29, 0.717) is 12.1 Å². The van der Waals surface area contributed by atoms with E-state index in [1.54, 1.807) is 11.3 Å². The van der Waals surface area contributed by atoms with Gasteiger partial charge in [0.1, 0.15) is 0 Å². The number of nitrogens with one attached hydrogen (secondary N) is 1. The fourth-order valence-corrected chi connectivity index (χ4v) is 3.36. The fraction of sp³-hybridized carbons (Fsp3) is 0.688. The molecule has 1 fully saturated rings. The standard InChI is InChI=1S/C16H26N4S/c1-11(2)17-9-14-15(18-16-19(14)7-8-21-16)20(12(3)4)10-13-5-6-13/h7-8,11-13,17H,5-6,9-10H2,1-4H3. The van der Waals surface area contributed by atoms with E-state index in [4.69, 9.17) is 4.98 Å². The Kier molecular flexibility index (Phi) is 4.22. The molecule has 0 radical (unpaired) electrons. The number of aromatic nitrogens is 2. The molecule has 0 aliphatic heterocycles. The van der Waals surface area contributed by atoms with Gasteiger partial charge in [0.15, 0.2) is 10.8 Å². The zero-order valence-corrected chi connectivity index (χ0v) is 14.3. The Morgan fingerprint density at radius 1 is 1.38 bits per heavy atom. The summed E-state index contributed by atoms with van der Waals surface area (Å²) in [4.78, 5) is 8.52. The Bertz CT molecular complexity index is 594. The molecule has 0 spiro atoms. The molecule has 0 amide bonds. The van der Waals surface area contributed by atoms with Crippen LogP contribution < -0.4 is 10.2 Å². The predicted molar refractivity (Wildman–Crippen MR) is 90.3 cm³/mol. The van der Waals surface area contributed by atoms with Gasteiger partial charge in [-0.2, -0.15) is 0 Å². The summed E-state index contributed by atoms with van der Waals surface area (Å²) >= 11 is 1.72. The Hall–Kier alpha value is -1.07. The molecule has 4 nitrogen and oxygen atoms in total. The number of hydrogen-bond acceptors (Lipinski definition) is 4. The lowest BCUT2D eigenvalue weighted by atomic mass is 10.2. The van der Waals surface area contributed by atoms with Gasteiger partial charge in [0.05, 0.1) is 5.69 Å². The molecule has 0 unspecified atom stereocenters. The Balaban J connectivity index is 1.93. The number of nitrogens with zero attached hydrogens (tertiary/aromatic N) is 3. The topological polar surface area (TPSA) is 32.6 Å². The van der Waals surface area contributed by atoms with Crippen molar-refractivity contribution in [3.8, 4) is 0 Å². The minimum atomic E-state index is 0.484. The first-order valence-corrected chi connectivity index (χ1v) is 8.88. The smallest absolute Gasteiger partial charge is 0.195 e. The first kappa shape index (κ1) is 14.9. The van der Waals surface area contributed by atoms with E-state index >= 15 is 0 Å². The van der Waals surface area contributed by atoms with Crippen molar-refractivity contribution >= 4 is 22.1 Å². The van der Waals surface area contributed by atoms with Gasteiger partial charge in [0, 0.05) is 36.8 Å². The Labute approximate surface area is 131 Å². The number of imidazole rings is 1. The van der Waals surface area contributed by atoms with Crippen molar-refractivity contribution in [1.82, 2.24) is 14.7 Å². The summed E-state index contributed by atoms with van der Waals surface area (Å²) in [6, 6.07) is 0.978. The number of rotatable bonds is 7. The summed E-state index contributed by atoms with van der Waals surface area (Å²) in [6.07, 6.45) is 4.90. The number of fused-ring (bicyclic) bond motifs is 1. The van der Waals surface area contributed by atoms with Crippen LogP contribution in [0.3, 0.4) is 0 Å². The molecule has 0 bridgehead atoms. The number of hydrogen-bond donors (Lipinski definition) is 1. The van der Waals surface area contributed by atoms with Crippen LogP contribution in [-0.4, -0.2) is 28.0 Å². The Morgan fingerprint density at radius 3 is 2.76 bits per heavy atom. The monoisotopic (exact) mass is 306 g/mol. The van der Waals surface area contributed by atoms with Crippen LogP contribution in [0.25, 0.3) is 4.96 Å². The average Bonchev–Trinajstić information content (AvgIpc) is 3.01. The lowest BCUT2D eigenvalue weighted by Crippen LogP contribution is -2.34. The summed E-state index contributed by atoms with van der Waals surface area (Å²) in [5, 5.41) is 5.67. The molecular formula is C16H26N4S. The molecule has 2 heterocycles. The van der Waals surface area contributed by atoms with Gasteiger partial charge in [-0.3, -0.25) is 4.40 Å². The molecule has 116 valence electrons. The maximum atomic E-state index is 4.92. The lowest BCUT2D eigenvalue weighted by molar-refractivity contribution is 0.573.